The topological polar surface area (TPSA) is 40.0 Å². The van der Waals surface area contributed by atoms with Gasteiger partial charge < -0.3 is 14.2 Å². The Bertz CT molecular complexity index is 318. The fourth-order valence-corrected chi connectivity index (χ4v) is 1.18. The second kappa shape index (κ2) is 6.98. The van der Waals surface area contributed by atoms with Crippen LogP contribution in [0.5, 0.6) is 5.75 Å². The molecule has 0 saturated carbocycles. The molecular formula is C12H17NO3. The molecule has 0 radical (unpaired) electrons. The number of hydrogen-bond acceptors (Lipinski definition) is 4. The van der Waals surface area contributed by atoms with E-state index in [1.807, 2.05) is 24.3 Å². The smallest absolute Gasteiger partial charge is 0.176 e. The highest BCUT2D eigenvalue weighted by atomic mass is 16.7. The van der Waals surface area contributed by atoms with Crippen LogP contribution in [0.3, 0.4) is 0 Å². The van der Waals surface area contributed by atoms with Crippen LogP contribution in [0.25, 0.3) is 0 Å². The van der Waals surface area contributed by atoms with Gasteiger partial charge in [0.1, 0.15) is 5.75 Å². The lowest BCUT2D eigenvalue weighted by molar-refractivity contribution is -0.0936. The first kappa shape index (κ1) is 12.7. The molecule has 0 spiro atoms. The minimum absolute atomic E-state index is 0.283. The summed E-state index contributed by atoms with van der Waals surface area (Å²) < 4.78 is 15.1. The van der Waals surface area contributed by atoms with Crippen molar-refractivity contribution < 1.29 is 14.2 Å². The molecule has 0 N–H and O–H groups in total. The zero-order chi connectivity index (χ0) is 11.8. The Labute approximate surface area is 95.9 Å². The zero-order valence-corrected chi connectivity index (χ0v) is 9.84. The number of methoxy groups -OCH3 is 3. The standard InChI is InChI=1S/C12H17NO3/c1-14-11-6-4-10(5-7-11)8-13-9-12(15-2)16-3/h4-8,12H,9H2,1-3H3/b13-8+. The molecule has 16 heavy (non-hydrogen) atoms. The summed E-state index contributed by atoms with van der Waals surface area (Å²) in [6.45, 7) is 0.485. The summed E-state index contributed by atoms with van der Waals surface area (Å²) in [7, 11) is 4.83. The van der Waals surface area contributed by atoms with Crippen LogP contribution < -0.4 is 4.74 Å². The quantitative estimate of drug-likeness (QED) is 0.544. The molecule has 0 atom stereocenters. The van der Waals surface area contributed by atoms with Crippen molar-refractivity contribution in [2.45, 2.75) is 6.29 Å². The maximum absolute atomic E-state index is 5.06. The molecule has 0 amide bonds. The number of rotatable bonds is 6. The van der Waals surface area contributed by atoms with Gasteiger partial charge in [-0.15, -0.1) is 0 Å². The fraction of sp³-hybridized carbons (Fsp3) is 0.417. The van der Waals surface area contributed by atoms with Crippen molar-refractivity contribution in [3.05, 3.63) is 29.8 Å². The molecule has 0 heterocycles. The van der Waals surface area contributed by atoms with E-state index in [1.165, 1.54) is 0 Å². The van der Waals surface area contributed by atoms with Gasteiger partial charge >= 0.3 is 0 Å². The third kappa shape index (κ3) is 4.00. The highest BCUT2D eigenvalue weighted by Gasteiger charge is 2.01. The van der Waals surface area contributed by atoms with E-state index in [9.17, 15) is 0 Å². The van der Waals surface area contributed by atoms with Gasteiger partial charge in [0, 0.05) is 20.4 Å². The van der Waals surface area contributed by atoms with E-state index >= 15 is 0 Å². The van der Waals surface area contributed by atoms with Gasteiger partial charge in [0.2, 0.25) is 0 Å². The number of nitrogens with zero attached hydrogens (tertiary/aromatic N) is 1. The van der Waals surface area contributed by atoms with Crippen LogP contribution in [0.2, 0.25) is 0 Å². The predicted molar refractivity (Wildman–Crippen MR) is 63.3 cm³/mol. The monoisotopic (exact) mass is 223 g/mol. The predicted octanol–water partition coefficient (Wildman–Crippen LogP) is 1.73. The summed E-state index contributed by atoms with van der Waals surface area (Å²) >= 11 is 0. The molecule has 0 unspecified atom stereocenters. The average Bonchev–Trinajstić information content (AvgIpc) is 2.35. The lowest BCUT2D eigenvalue weighted by Gasteiger charge is -2.09. The van der Waals surface area contributed by atoms with Crippen LogP contribution in [0.1, 0.15) is 5.56 Å². The van der Waals surface area contributed by atoms with Crippen molar-refractivity contribution in [2.24, 2.45) is 4.99 Å². The van der Waals surface area contributed by atoms with E-state index in [2.05, 4.69) is 4.99 Å². The maximum Gasteiger partial charge on any atom is 0.176 e. The van der Waals surface area contributed by atoms with Gasteiger partial charge in [-0.1, -0.05) is 0 Å². The van der Waals surface area contributed by atoms with E-state index in [-0.39, 0.29) is 6.29 Å². The van der Waals surface area contributed by atoms with Gasteiger partial charge in [-0.2, -0.15) is 0 Å². The molecule has 88 valence electrons. The van der Waals surface area contributed by atoms with Gasteiger partial charge in [-0.3, -0.25) is 4.99 Å². The molecule has 0 aliphatic rings. The van der Waals surface area contributed by atoms with Crippen LogP contribution in [0.15, 0.2) is 29.3 Å². The van der Waals surface area contributed by atoms with Crippen LogP contribution in [-0.2, 0) is 9.47 Å². The molecule has 0 aliphatic heterocycles. The first-order valence-corrected chi connectivity index (χ1v) is 4.99. The Balaban J connectivity index is 2.49. The molecule has 1 aromatic carbocycles. The normalized spacial score (nSPS) is 11.2. The summed E-state index contributed by atoms with van der Waals surface area (Å²) in [5.41, 5.74) is 1.02. The van der Waals surface area contributed by atoms with Crippen LogP contribution in [-0.4, -0.2) is 40.4 Å². The second-order valence-electron chi connectivity index (χ2n) is 3.17. The molecule has 0 saturated heterocycles. The van der Waals surface area contributed by atoms with Crippen LogP contribution >= 0.6 is 0 Å². The van der Waals surface area contributed by atoms with Gasteiger partial charge in [0.25, 0.3) is 0 Å². The summed E-state index contributed by atoms with van der Waals surface area (Å²) in [6.07, 6.45) is 1.50. The van der Waals surface area contributed by atoms with E-state index in [0.29, 0.717) is 6.54 Å². The third-order valence-electron chi connectivity index (χ3n) is 2.14. The lowest BCUT2D eigenvalue weighted by atomic mass is 10.2. The Morgan fingerprint density at radius 2 is 1.75 bits per heavy atom. The van der Waals surface area contributed by atoms with Gasteiger partial charge in [-0.05, 0) is 29.8 Å². The summed E-state index contributed by atoms with van der Waals surface area (Å²) in [4.78, 5) is 4.22. The van der Waals surface area contributed by atoms with E-state index < -0.39 is 0 Å². The van der Waals surface area contributed by atoms with Gasteiger partial charge in [0.15, 0.2) is 6.29 Å². The van der Waals surface area contributed by atoms with Crippen molar-refractivity contribution in [2.75, 3.05) is 27.9 Å². The first-order chi connectivity index (χ1) is 7.80. The van der Waals surface area contributed by atoms with Crippen LogP contribution in [0, 0.1) is 0 Å². The number of ether oxygens (including phenoxy) is 3. The Kier molecular flexibility index (Phi) is 5.53. The second-order valence-corrected chi connectivity index (χ2v) is 3.17. The van der Waals surface area contributed by atoms with Crippen molar-refractivity contribution >= 4 is 6.21 Å². The molecule has 4 nitrogen and oxygen atoms in total. The molecule has 4 heteroatoms. The summed E-state index contributed by atoms with van der Waals surface area (Å²) in [5, 5.41) is 0. The largest absolute Gasteiger partial charge is 0.497 e. The number of aliphatic imine (C=N–C) groups is 1. The average molecular weight is 223 g/mol. The Hall–Kier alpha value is -1.39. The number of hydrogen-bond donors (Lipinski definition) is 0. The van der Waals surface area contributed by atoms with Crippen molar-refractivity contribution in [3.8, 4) is 5.75 Å². The third-order valence-corrected chi connectivity index (χ3v) is 2.14. The Morgan fingerprint density at radius 1 is 1.12 bits per heavy atom. The van der Waals surface area contributed by atoms with Crippen LogP contribution in [0.4, 0.5) is 0 Å². The highest BCUT2D eigenvalue weighted by Crippen LogP contribution is 2.09. The van der Waals surface area contributed by atoms with Crippen molar-refractivity contribution in [1.82, 2.24) is 0 Å². The zero-order valence-electron chi connectivity index (χ0n) is 9.84. The lowest BCUT2D eigenvalue weighted by Crippen LogP contribution is -2.16. The van der Waals surface area contributed by atoms with Gasteiger partial charge in [-0.25, -0.2) is 0 Å². The molecule has 0 aromatic heterocycles. The van der Waals surface area contributed by atoms with Crippen molar-refractivity contribution in [1.29, 1.82) is 0 Å². The molecule has 1 rings (SSSR count). The van der Waals surface area contributed by atoms with E-state index in [4.69, 9.17) is 14.2 Å². The summed E-state index contributed by atoms with van der Waals surface area (Å²) in [5.74, 6) is 0.837. The minimum Gasteiger partial charge on any atom is -0.497 e. The fourth-order valence-electron chi connectivity index (χ4n) is 1.18. The Morgan fingerprint density at radius 3 is 2.25 bits per heavy atom. The maximum atomic E-state index is 5.06. The van der Waals surface area contributed by atoms with E-state index in [0.717, 1.165) is 11.3 Å². The summed E-state index contributed by atoms with van der Waals surface area (Å²) in [6, 6.07) is 7.67. The van der Waals surface area contributed by atoms with Crippen molar-refractivity contribution in [3.63, 3.8) is 0 Å². The molecule has 0 fully saturated rings. The minimum atomic E-state index is -0.283. The SMILES string of the molecule is COc1ccc(/C=N/CC(OC)OC)cc1. The first-order valence-electron chi connectivity index (χ1n) is 4.99. The van der Waals surface area contributed by atoms with E-state index in [1.54, 1.807) is 27.5 Å². The molecule has 0 bridgehead atoms. The highest BCUT2D eigenvalue weighted by molar-refractivity contribution is 5.79. The molecule has 1 aromatic rings. The number of benzene rings is 1. The molecule has 0 aliphatic carbocycles. The van der Waals surface area contributed by atoms with Gasteiger partial charge in [0.05, 0.1) is 13.7 Å². The molecular weight excluding hydrogens is 206 g/mol.